The molecule has 1 fully saturated rings. The minimum absolute atomic E-state index is 0.0650. The van der Waals surface area contributed by atoms with Crippen LogP contribution in [0.4, 0.5) is 17.3 Å². The van der Waals surface area contributed by atoms with Crippen LogP contribution in [0.5, 0.6) is 5.75 Å². The van der Waals surface area contributed by atoms with Crippen molar-refractivity contribution in [3.05, 3.63) is 40.7 Å². The largest absolute Gasteiger partial charge is 0.496 e. The Morgan fingerprint density at radius 1 is 1.36 bits per heavy atom. The molecule has 1 heterocycles. The second kappa shape index (κ2) is 9.07. The molecule has 2 aromatic rings. The molecule has 148 valence electrons. The first-order chi connectivity index (χ1) is 13.6. The number of nitrogens with one attached hydrogen (secondary N) is 1. The first kappa shape index (κ1) is 19.5. The lowest BCUT2D eigenvalue weighted by Gasteiger charge is -2.22. The number of nitro groups is 1. The van der Waals surface area contributed by atoms with Crippen LogP contribution in [-0.4, -0.2) is 33.5 Å². The summed E-state index contributed by atoms with van der Waals surface area (Å²) in [6.45, 7) is 0.0650. The van der Waals surface area contributed by atoms with Gasteiger partial charge in [0.05, 0.1) is 18.1 Å². The van der Waals surface area contributed by atoms with E-state index in [0.717, 1.165) is 25.7 Å². The highest BCUT2D eigenvalue weighted by Crippen LogP contribution is 2.32. The summed E-state index contributed by atoms with van der Waals surface area (Å²) in [7, 11) is 1.43. The van der Waals surface area contributed by atoms with Crippen LogP contribution in [0, 0.1) is 10.1 Å². The third-order valence-electron chi connectivity index (χ3n) is 4.60. The fourth-order valence-corrected chi connectivity index (χ4v) is 3.16. The number of benzene rings is 1. The SMILES string of the molecule is COc1ccc(N=Nc2nccn2CC(=O)NC2CCCCC2)c([N+](=O)[O-])c1. The average molecular weight is 386 g/mol. The number of ether oxygens (including phenoxy) is 1. The molecule has 10 heteroatoms. The van der Waals surface area contributed by atoms with Gasteiger partial charge in [0.25, 0.3) is 5.69 Å². The number of nitro benzene ring substituents is 1. The first-order valence-electron chi connectivity index (χ1n) is 9.11. The van der Waals surface area contributed by atoms with Crippen molar-refractivity contribution in [3.63, 3.8) is 0 Å². The van der Waals surface area contributed by atoms with Crippen molar-refractivity contribution >= 4 is 23.2 Å². The van der Waals surface area contributed by atoms with E-state index >= 15 is 0 Å². The molecule has 0 aliphatic heterocycles. The van der Waals surface area contributed by atoms with Gasteiger partial charge in [0.1, 0.15) is 12.3 Å². The summed E-state index contributed by atoms with van der Waals surface area (Å²) in [4.78, 5) is 27.0. The second-order valence-corrected chi connectivity index (χ2v) is 6.57. The molecule has 0 atom stereocenters. The second-order valence-electron chi connectivity index (χ2n) is 6.57. The summed E-state index contributed by atoms with van der Waals surface area (Å²) in [5, 5.41) is 22.2. The Labute approximate surface area is 161 Å². The van der Waals surface area contributed by atoms with Gasteiger partial charge in [0.15, 0.2) is 5.69 Å². The summed E-state index contributed by atoms with van der Waals surface area (Å²) in [6.07, 6.45) is 8.62. The van der Waals surface area contributed by atoms with Crippen LogP contribution in [0.2, 0.25) is 0 Å². The van der Waals surface area contributed by atoms with Crippen LogP contribution < -0.4 is 10.1 Å². The lowest BCUT2D eigenvalue weighted by Crippen LogP contribution is -2.38. The summed E-state index contributed by atoms with van der Waals surface area (Å²) in [6, 6.07) is 4.50. The number of methoxy groups -OCH3 is 1. The number of carbonyl (C=O) groups excluding carboxylic acids is 1. The van der Waals surface area contributed by atoms with Gasteiger partial charge in [-0.05, 0) is 25.0 Å². The Hall–Kier alpha value is -3.30. The van der Waals surface area contributed by atoms with E-state index in [0.29, 0.717) is 5.75 Å². The van der Waals surface area contributed by atoms with Crippen LogP contribution in [0.3, 0.4) is 0 Å². The van der Waals surface area contributed by atoms with Crippen LogP contribution in [0.1, 0.15) is 32.1 Å². The number of nitrogens with zero attached hydrogens (tertiary/aromatic N) is 5. The maximum Gasteiger partial charge on any atom is 0.300 e. The standard InChI is InChI=1S/C18H22N6O4/c1-28-14-7-8-15(16(11-14)24(26)27)21-22-18-19-9-10-23(18)12-17(25)20-13-5-3-2-4-6-13/h7-11,13H,2-6,12H2,1H3,(H,20,25). The van der Waals surface area contributed by atoms with Gasteiger partial charge in [-0.3, -0.25) is 14.9 Å². The topological polar surface area (TPSA) is 124 Å². The summed E-state index contributed by atoms with van der Waals surface area (Å²) >= 11 is 0. The van der Waals surface area contributed by atoms with Gasteiger partial charge >= 0.3 is 0 Å². The molecule has 3 rings (SSSR count). The van der Waals surface area contributed by atoms with Crippen LogP contribution >= 0.6 is 0 Å². The Bertz CT molecular complexity index is 873. The van der Waals surface area contributed by atoms with Crippen molar-refractivity contribution in [1.29, 1.82) is 0 Å². The van der Waals surface area contributed by atoms with E-state index in [4.69, 9.17) is 4.74 Å². The zero-order valence-electron chi connectivity index (χ0n) is 15.6. The minimum atomic E-state index is -0.555. The molecule has 1 amide bonds. The molecular weight excluding hydrogens is 364 g/mol. The highest BCUT2D eigenvalue weighted by Gasteiger charge is 2.17. The summed E-state index contributed by atoms with van der Waals surface area (Å²) in [5.74, 6) is 0.437. The monoisotopic (exact) mass is 386 g/mol. The molecule has 28 heavy (non-hydrogen) atoms. The Kier molecular flexibility index (Phi) is 6.30. The molecule has 1 aliphatic rings. The fraction of sp³-hybridized carbons (Fsp3) is 0.444. The van der Waals surface area contributed by atoms with E-state index < -0.39 is 4.92 Å². The molecule has 1 aromatic carbocycles. The Balaban J connectivity index is 1.70. The Morgan fingerprint density at radius 2 is 2.14 bits per heavy atom. The van der Waals surface area contributed by atoms with Gasteiger partial charge in [-0.1, -0.05) is 19.3 Å². The van der Waals surface area contributed by atoms with E-state index in [-0.39, 0.29) is 35.8 Å². The van der Waals surface area contributed by atoms with Crippen molar-refractivity contribution in [2.24, 2.45) is 10.2 Å². The molecule has 10 nitrogen and oxygen atoms in total. The lowest BCUT2D eigenvalue weighted by atomic mass is 9.95. The molecule has 0 spiro atoms. The molecule has 1 aromatic heterocycles. The van der Waals surface area contributed by atoms with E-state index in [1.165, 1.54) is 31.9 Å². The molecule has 0 saturated heterocycles. The smallest absolute Gasteiger partial charge is 0.300 e. The maximum absolute atomic E-state index is 12.3. The average Bonchev–Trinajstić information content (AvgIpc) is 3.13. The highest BCUT2D eigenvalue weighted by molar-refractivity contribution is 5.76. The van der Waals surface area contributed by atoms with E-state index in [1.807, 2.05) is 0 Å². The molecule has 1 saturated carbocycles. The number of hydrogen-bond donors (Lipinski definition) is 1. The number of aromatic nitrogens is 2. The van der Waals surface area contributed by atoms with Crippen LogP contribution in [0.25, 0.3) is 0 Å². The van der Waals surface area contributed by atoms with Crippen molar-refractivity contribution in [3.8, 4) is 5.75 Å². The predicted molar refractivity (Wildman–Crippen MR) is 101 cm³/mol. The van der Waals surface area contributed by atoms with Crippen molar-refractivity contribution < 1.29 is 14.5 Å². The molecule has 1 N–H and O–H groups in total. The third kappa shape index (κ3) is 4.90. The number of carbonyl (C=O) groups is 1. The first-order valence-corrected chi connectivity index (χ1v) is 9.11. The van der Waals surface area contributed by atoms with Crippen LogP contribution in [0.15, 0.2) is 40.8 Å². The number of hydrogen-bond acceptors (Lipinski definition) is 7. The molecule has 0 radical (unpaired) electrons. The number of rotatable bonds is 7. The maximum atomic E-state index is 12.3. The van der Waals surface area contributed by atoms with Crippen molar-refractivity contribution in [2.45, 2.75) is 44.7 Å². The Morgan fingerprint density at radius 3 is 2.86 bits per heavy atom. The van der Waals surface area contributed by atoms with Gasteiger partial charge in [-0.25, -0.2) is 4.98 Å². The van der Waals surface area contributed by atoms with Crippen molar-refractivity contribution in [2.75, 3.05) is 7.11 Å². The van der Waals surface area contributed by atoms with Gasteiger partial charge in [-0.2, -0.15) is 0 Å². The van der Waals surface area contributed by atoms with Crippen LogP contribution in [-0.2, 0) is 11.3 Å². The zero-order chi connectivity index (χ0) is 19.9. The van der Waals surface area contributed by atoms with Gasteiger partial charge in [-0.15, -0.1) is 10.2 Å². The van der Waals surface area contributed by atoms with Gasteiger partial charge in [0, 0.05) is 18.4 Å². The normalized spacial score (nSPS) is 14.9. The van der Waals surface area contributed by atoms with Gasteiger partial charge < -0.3 is 14.6 Å². The lowest BCUT2D eigenvalue weighted by molar-refractivity contribution is -0.384. The molecule has 1 aliphatic carbocycles. The third-order valence-corrected chi connectivity index (χ3v) is 4.60. The van der Waals surface area contributed by atoms with Gasteiger partial charge in [0.2, 0.25) is 11.9 Å². The van der Waals surface area contributed by atoms with Crippen molar-refractivity contribution in [1.82, 2.24) is 14.9 Å². The number of amides is 1. The zero-order valence-corrected chi connectivity index (χ0v) is 15.6. The van der Waals surface area contributed by atoms with E-state index in [1.54, 1.807) is 16.8 Å². The number of imidazole rings is 1. The van der Waals surface area contributed by atoms with E-state index in [2.05, 4.69) is 20.5 Å². The summed E-state index contributed by atoms with van der Waals surface area (Å²) in [5.41, 5.74) is -0.150. The fourth-order valence-electron chi connectivity index (χ4n) is 3.16. The number of azo groups is 1. The molecule has 0 unspecified atom stereocenters. The molecular formula is C18H22N6O4. The predicted octanol–water partition coefficient (Wildman–Crippen LogP) is 3.66. The molecule has 0 bridgehead atoms. The quantitative estimate of drug-likeness (QED) is 0.442. The highest BCUT2D eigenvalue weighted by atomic mass is 16.6. The summed E-state index contributed by atoms with van der Waals surface area (Å²) < 4.78 is 6.55. The van der Waals surface area contributed by atoms with E-state index in [9.17, 15) is 14.9 Å². The minimum Gasteiger partial charge on any atom is -0.496 e.